The summed E-state index contributed by atoms with van der Waals surface area (Å²) in [4.78, 5) is 25.6. The topological polar surface area (TPSA) is 58.6 Å². The SMILES string of the molecule is CCCCN1c2ccccc2CCC1COc1ccc(CC2SC(=O)NC2=O)cc1. The molecule has 1 saturated heterocycles. The number of imide groups is 1. The first kappa shape index (κ1) is 20.8. The first-order chi connectivity index (χ1) is 14.6. The quantitative estimate of drug-likeness (QED) is 0.672. The maximum absolute atomic E-state index is 11.7. The number of nitrogens with zero attached hydrogens (tertiary/aromatic N) is 1. The van der Waals surface area contributed by atoms with E-state index < -0.39 is 0 Å². The predicted molar refractivity (Wildman–Crippen MR) is 121 cm³/mol. The van der Waals surface area contributed by atoms with Gasteiger partial charge in [0.1, 0.15) is 12.4 Å². The summed E-state index contributed by atoms with van der Waals surface area (Å²) in [5.74, 6) is 0.641. The van der Waals surface area contributed by atoms with E-state index in [4.69, 9.17) is 4.74 Å². The van der Waals surface area contributed by atoms with Crippen LogP contribution in [-0.4, -0.2) is 35.6 Å². The van der Waals surface area contributed by atoms with Gasteiger partial charge in [-0.05, 0) is 55.0 Å². The number of thioether (sulfide) groups is 1. The molecule has 2 amide bonds. The van der Waals surface area contributed by atoms with Crippen molar-refractivity contribution < 1.29 is 14.3 Å². The van der Waals surface area contributed by atoms with Gasteiger partial charge < -0.3 is 9.64 Å². The van der Waals surface area contributed by atoms with Gasteiger partial charge in [-0.3, -0.25) is 14.9 Å². The number of aryl methyl sites for hydroxylation is 1. The van der Waals surface area contributed by atoms with Gasteiger partial charge in [-0.15, -0.1) is 0 Å². The average molecular weight is 425 g/mol. The Morgan fingerprint density at radius 2 is 1.93 bits per heavy atom. The zero-order chi connectivity index (χ0) is 20.9. The van der Waals surface area contributed by atoms with Crippen molar-refractivity contribution in [1.29, 1.82) is 0 Å². The lowest BCUT2D eigenvalue weighted by atomic mass is 9.95. The van der Waals surface area contributed by atoms with E-state index in [1.807, 2.05) is 24.3 Å². The summed E-state index contributed by atoms with van der Waals surface area (Å²) in [6, 6.07) is 17.0. The first-order valence-corrected chi connectivity index (χ1v) is 11.6. The molecule has 2 unspecified atom stereocenters. The first-order valence-electron chi connectivity index (χ1n) is 10.7. The highest BCUT2D eigenvalue weighted by Crippen LogP contribution is 2.31. The second-order valence-corrected chi connectivity index (χ2v) is 9.09. The average Bonchev–Trinajstić information content (AvgIpc) is 3.08. The minimum absolute atomic E-state index is 0.199. The van der Waals surface area contributed by atoms with Gasteiger partial charge >= 0.3 is 0 Å². The van der Waals surface area contributed by atoms with Gasteiger partial charge in [0.25, 0.3) is 5.24 Å². The molecule has 2 aromatic carbocycles. The number of unbranched alkanes of at least 4 members (excludes halogenated alkanes) is 1. The number of nitrogens with one attached hydrogen (secondary N) is 1. The minimum Gasteiger partial charge on any atom is -0.491 e. The third-order valence-corrected chi connectivity index (χ3v) is 6.78. The van der Waals surface area contributed by atoms with E-state index in [0.29, 0.717) is 19.1 Å². The molecule has 2 aliphatic heterocycles. The molecule has 30 heavy (non-hydrogen) atoms. The van der Waals surface area contributed by atoms with Crippen LogP contribution in [0, 0.1) is 0 Å². The standard InChI is InChI=1S/C24H28N2O3S/c1-2-3-14-26-19(11-10-18-6-4-5-7-21(18)26)16-29-20-12-8-17(9-13-20)15-22-23(27)25-24(28)30-22/h4-9,12-13,19,22H,2-3,10-11,14-16H2,1H3,(H,25,27,28). The van der Waals surface area contributed by atoms with E-state index in [1.54, 1.807) is 0 Å². The number of carbonyl (C=O) groups is 2. The van der Waals surface area contributed by atoms with Gasteiger partial charge in [0, 0.05) is 12.2 Å². The van der Waals surface area contributed by atoms with E-state index in [2.05, 4.69) is 41.4 Å². The summed E-state index contributed by atoms with van der Waals surface area (Å²) >= 11 is 1.07. The largest absolute Gasteiger partial charge is 0.491 e. The minimum atomic E-state index is -0.335. The van der Waals surface area contributed by atoms with E-state index in [1.165, 1.54) is 24.1 Å². The number of carbonyl (C=O) groups excluding carboxylic acids is 2. The van der Waals surface area contributed by atoms with Gasteiger partial charge in [0.15, 0.2) is 0 Å². The van der Waals surface area contributed by atoms with Gasteiger partial charge in [0.05, 0.1) is 11.3 Å². The molecule has 0 saturated carbocycles. The summed E-state index contributed by atoms with van der Waals surface area (Å²) in [5, 5.41) is 1.74. The van der Waals surface area contributed by atoms with Gasteiger partial charge in [-0.25, -0.2) is 0 Å². The Morgan fingerprint density at radius 1 is 1.13 bits per heavy atom. The Bertz CT molecular complexity index is 900. The molecule has 2 aromatic rings. The lowest BCUT2D eigenvalue weighted by Gasteiger charge is -2.39. The number of anilines is 1. The molecule has 1 N–H and O–H groups in total. The highest BCUT2D eigenvalue weighted by atomic mass is 32.2. The Kier molecular flexibility index (Phi) is 6.62. The fourth-order valence-electron chi connectivity index (χ4n) is 4.14. The van der Waals surface area contributed by atoms with Crippen molar-refractivity contribution in [2.75, 3.05) is 18.1 Å². The molecule has 2 aliphatic rings. The Balaban J connectivity index is 1.36. The molecule has 1 fully saturated rings. The van der Waals surface area contributed by atoms with E-state index in [9.17, 15) is 9.59 Å². The van der Waals surface area contributed by atoms with Crippen LogP contribution in [0.15, 0.2) is 48.5 Å². The van der Waals surface area contributed by atoms with E-state index in [0.717, 1.165) is 42.5 Å². The molecule has 6 heteroatoms. The monoisotopic (exact) mass is 424 g/mol. The summed E-state index contributed by atoms with van der Waals surface area (Å²) < 4.78 is 6.15. The maximum atomic E-state index is 11.7. The van der Waals surface area contributed by atoms with Crippen LogP contribution in [0.2, 0.25) is 0 Å². The third-order valence-electron chi connectivity index (χ3n) is 5.80. The molecule has 158 valence electrons. The molecular formula is C24H28N2O3S. The number of para-hydroxylation sites is 1. The zero-order valence-corrected chi connectivity index (χ0v) is 18.1. The summed E-state index contributed by atoms with van der Waals surface area (Å²) in [5.41, 5.74) is 3.81. The summed E-state index contributed by atoms with van der Waals surface area (Å²) in [6.07, 6.45) is 5.09. The zero-order valence-electron chi connectivity index (χ0n) is 17.3. The van der Waals surface area contributed by atoms with Crippen molar-refractivity contribution in [3.63, 3.8) is 0 Å². The van der Waals surface area contributed by atoms with Gasteiger partial charge in [0.2, 0.25) is 5.91 Å². The molecule has 4 rings (SSSR count). The van der Waals surface area contributed by atoms with Crippen molar-refractivity contribution in [2.45, 2.75) is 50.3 Å². The van der Waals surface area contributed by atoms with Crippen molar-refractivity contribution in [3.05, 3.63) is 59.7 Å². The molecule has 2 atom stereocenters. The predicted octanol–water partition coefficient (Wildman–Crippen LogP) is 4.58. The molecule has 0 aliphatic carbocycles. The summed E-state index contributed by atoms with van der Waals surface area (Å²) in [6.45, 7) is 3.94. The van der Waals surface area contributed by atoms with Crippen molar-refractivity contribution >= 4 is 28.6 Å². The number of benzene rings is 2. The van der Waals surface area contributed by atoms with Crippen LogP contribution in [-0.2, 0) is 17.6 Å². The molecule has 0 spiro atoms. The Labute approximate surface area is 182 Å². The summed E-state index contributed by atoms with van der Waals surface area (Å²) in [7, 11) is 0. The number of rotatable bonds is 8. The number of ether oxygens (including phenoxy) is 1. The van der Waals surface area contributed by atoms with Crippen molar-refractivity contribution in [1.82, 2.24) is 5.32 Å². The van der Waals surface area contributed by atoms with E-state index >= 15 is 0 Å². The normalized spacial score (nSPS) is 20.8. The third kappa shape index (κ3) is 4.81. The molecule has 0 aromatic heterocycles. The molecule has 0 bridgehead atoms. The molecule has 2 heterocycles. The van der Waals surface area contributed by atoms with Crippen LogP contribution in [0.4, 0.5) is 10.5 Å². The number of amides is 2. The molecule has 0 radical (unpaired) electrons. The number of fused-ring (bicyclic) bond motifs is 1. The van der Waals surface area contributed by atoms with E-state index in [-0.39, 0.29) is 16.4 Å². The van der Waals surface area contributed by atoms with Gasteiger partial charge in [-0.1, -0.05) is 55.4 Å². The number of hydrogen-bond donors (Lipinski definition) is 1. The lowest BCUT2D eigenvalue weighted by molar-refractivity contribution is -0.118. The fourth-order valence-corrected chi connectivity index (χ4v) is 5.00. The van der Waals surface area contributed by atoms with Crippen LogP contribution < -0.4 is 15.0 Å². The van der Waals surface area contributed by atoms with Crippen LogP contribution in [0.1, 0.15) is 37.3 Å². The highest BCUT2D eigenvalue weighted by molar-refractivity contribution is 8.15. The van der Waals surface area contributed by atoms with Crippen LogP contribution in [0.3, 0.4) is 0 Å². The fraction of sp³-hybridized carbons (Fsp3) is 0.417. The Hall–Kier alpha value is -2.47. The van der Waals surface area contributed by atoms with Crippen LogP contribution >= 0.6 is 11.8 Å². The molecule has 5 nitrogen and oxygen atoms in total. The van der Waals surface area contributed by atoms with Gasteiger partial charge in [-0.2, -0.15) is 0 Å². The van der Waals surface area contributed by atoms with Crippen molar-refractivity contribution in [2.24, 2.45) is 0 Å². The lowest BCUT2D eigenvalue weighted by Crippen LogP contribution is -2.43. The van der Waals surface area contributed by atoms with Crippen molar-refractivity contribution in [3.8, 4) is 5.75 Å². The maximum Gasteiger partial charge on any atom is 0.286 e. The Morgan fingerprint density at radius 3 is 2.67 bits per heavy atom. The molecular weight excluding hydrogens is 396 g/mol. The highest BCUT2D eigenvalue weighted by Gasteiger charge is 2.31. The van der Waals surface area contributed by atoms with Crippen LogP contribution in [0.5, 0.6) is 5.75 Å². The smallest absolute Gasteiger partial charge is 0.286 e. The second-order valence-electron chi connectivity index (χ2n) is 7.91. The second kappa shape index (κ2) is 9.56. The van der Waals surface area contributed by atoms with Crippen LogP contribution in [0.25, 0.3) is 0 Å². The number of hydrogen-bond acceptors (Lipinski definition) is 5.